The number of benzene rings is 2. The number of methoxy groups -OCH3 is 2. The summed E-state index contributed by atoms with van der Waals surface area (Å²) in [6, 6.07) is 8.45. The van der Waals surface area contributed by atoms with E-state index in [9.17, 15) is 19.7 Å². The number of ether oxygens (including phenoxy) is 2. The molecular weight excluding hydrogens is 382 g/mol. The largest absolute Gasteiger partial charge is 0.496 e. The van der Waals surface area contributed by atoms with Gasteiger partial charge in [0.1, 0.15) is 22.6 Å². The van der Waals surface area contributed by atoms with Crippen LogP contribution < -0.4 is 14.9 Å². The lowest BCUT2D eigenvalue weighted by atomic mass is 10.0. The van der Waals surface area contributed by atoms with Crippen LogP contribution in [0.5, 0.6) is 11.5 Å². The van der Waals surface area contributed by atoms with Gasteiger partial charge in [0.05, 0.1) is 36.5 Å². The third-order valence-corrected chi connectivity index (χ3v) is 4.05. The molecular formula is C19H15N3O7. The van der Waals surface area contributed by atoms with Crippen molar-refractivity contribution in [3.05, 3.63) is 58.3 Å². The van der Waals surface area contributed by atoms with Gasteiger partial charge in [0, 0.05) is 18.2 Å². The van der Waals surface area contributed by atoms with Gasteiger partial charge < -0.3 is 13.9 Å². The highest BCUT2D eigenvalue weighted by atomic mass is 16.6. The second-order valence-electron chi connectivity index (χ2n) is 5.68. The fourth-order valence-electron chi connectivity index (χ4n) is 2.69. The zero-order chi connectivity index (χ0) is 21.0. The molecule has 0 radical (unpaired) electrons. The number of carbonyl (C=O) groups is 2. The molecule has 0 unspecified atom stereocenters. The molecule has 0 aliphatic carbocycles. The Morgan fingerprint density at radius 3 is 2.52 bits per heavy atom. The molecule has 0 atom stereocenters. The molecule has 0 spiro atoms. The zero-order valence-electron chi connectivity index (χ0n) is 15.4. The summed E-state index contributed by atoms with van der Waals surface area (Å²) in [6.45, 7) is 0. The molecule has 0 bridgehead atoms. The smallest absolute Gasteiger partial charge is 0.269 e. The van der Waals surface area contributed by atoms with Gasteiger partial charge in [0.25, 0.3) is 5.69 Å². The molecule has 0 saturated heterocycles. The SMILES string of the molecule is COc1cc2occc2c(OC)c1C(=O)/C(C=O)=N/Nc1ccc([N+](=O)[O-])cc1. The van der Waals surface area contributed by atoms with Gasteiger partial charge in [-0.05, 0) is 18.2 Å². The average molecular weight is 397 g/mol. The molecule has 10 nitrogen and oxygen atoms in total. The molecule has 0 aliphatic rings. The number of nitro groups is 1. The fraction of sp³-hybridized carbons (Fsp3) is 0.105. The van der Waals surface area contributed by atoms with Gasteiger partial charge in [-0.1, -0.05) is 0 Å². The minimum absolute atomic E-state index is 0.0141. The van der Waals surface area contributed by atoms with E-state index in [4.69, 9.17) is 13.9 Å². The summed E-state index contributed by atoms with van der Waals surface area (Å²) in [5, 5.41) is 15.1. The zero-order valence-corrected chi connectivity index (χ0v) is 15.4. The number of furan rings is 1. The fourth-order valence-corrected chi connectivity index (χ4v) is 2.69. The number of carbonyl (C=O) groups excluding carboxylic acids is 2. The second kappa shape index (κ2) is 8.21. The first-order valence-corrected chi connectivity index (χ1v) is 8.20. The monoisotopic (exact) mass is 397 g/mol. The molecule has 3 rings (SSSR count). The van der Waals surface area contributed by atoms with E-state index in [2.05, 4.69) is 10.5 Å². The highest BCUT2D eigenvalue weighted by Crippen LogP contribution is 2.38. The average Bonchev–Trinajstić information content (AvgIpc) is 3.21. The predicted octanol–water partition coefficient (Wildman–Crippen LogP) is 3.21. The Hall–Kier alpha value is -4.21. The van der Waals surface area contributed by atoms with Crippen molar-refractivity contribution in [3.63, 3.8) is 0 Å². The summed E-state index contributed by atoms with van der Waals surface area (Å²) in [5.74, 6) is -0.395. The van der Waals surface area contributed by atoms with Gasteiger partial charge in [-0.25, -0.2) is 0 Å². The summed E-state index contributed by atoms with van der Waals surface area (Å²) < 4.78 is 15.9. The standard InChI is InChI=1S/C19H15N3O7/c1-27-16-9-15-13(7-8-29-15)19(28-2)17(16)18(24)14(10-23)21-20-11-3-5-12(6-4-11)22(25)26/h3-10,20H,1-2H3/b21-14+. The highest BCUT2D eigenvalue weighted by Gasteiger charge is 2.26. The third-order valence-electron chi connectivity index (χ3n) is 4.05. The number of nitro benzene ring substituents is 1. The number of aldehydes is 1. The Kier molecular flexibility index (Phi) is 5.54. The Morgan fingerprint density at radius 2 is 1.93 bits per heavy atom. The molecule has 0 saturated carbocycles. The number of nitrogens with one attached hydrogen (secondary N) is 1. The number of rotatable bonds is 8. The van der Waals surface area contributed by atoms with Crippen LogP contribution in [-0.2, 0) is 4.79 Å². The summed E-state index contributed by atoms with van der Waals surface area (Å²) in [7, 11) is 2.75. The van der Waals surface area contributed by atoms with Crippen LogP contribution in [-0.4, -0.2) is 36.9 Å². The van der Waals surface area contributed by atoms with Crippen molar-refractivity contribution in [1.29, 1.82) is 0 Å². The van der Waals surface area contributed by atoms with Gasteiger partial charge in [0.15, 0.2) is 12.0 Å². The first-order valence-electron chi connectivity index (χ1n) is 8.20. The molecule has 148 valence electrons. The number of Topliss-reactive ketones (excluding diaryl/α,β-unsaturated/α-hetero) is 1. The van der Waals surface area contributed by atoms with Gasteiger partial charge in [-0.2, -0.15) is 5.10 Å². The van der Waals surface area contributed by atoms with Crippen LogP contribution in [0.25, 0.3) is 11.0 Å². The molecule has 10 heteroatoms. The van der Waals surface area contributed by atoms with E-state index in [1.807, 2.05) is 0 Å². The Bertz CT molecular complexity index is 1120. The molecule has 0 aliphatic heterocycles. The topological polar surface area (TPSA) is 133 Å². The van der Waals surface area contributed by atoms with Crippen LogP contribution in [0.15, 0.2) is 52.2 Å². The van der Waals surface area contributed by atoms with Crippen molar-refractivity contribution in [2.45, 2.75) is 0 Å². The summed E-state index contributed by atoms with van der Waals surface area (Å²) in [6.07, 6.45) is 1.73. The maximum absolute atomic E-state index is 13.0. The number of ketones is 1. The number of hydrogen-bond acceptors (Lipinski definition) is 9. The van der Waals surface area contributed by atoms with Crippen LogP contribution in [0, 0.1) is 10.1 Å². The van der Waals surface area contributed by atoms with Crippen molar-refractivity contribution < 1.29 is 28.4 Å². The van der Waals surface area contributed by atoms with Crippen LogP contribution in [0.1, 0.15) is 10.4 Å². The van der Waals surface area contributed by atoms with E-state index < -0.39 is 16.4 Å². The summed E-state index contributed by atoms with van der Waals surface area (Å²) in [4.78, 5) is 34.7. The number of hydrogen-bond donors (Lipinski definition) is 1. The summed E-state index contributed by atoms with van der Waals surface area (Å²) in [5.41, 5.74) is 2.80. The van der Waals surface area contributed by atoms with E-state index in [-0.39, 0.29) is 22.7 Å². The summed E-state index contributed by atoms with van der Waals surface area (Å²) >= 11 is 0. The van der Waals surface area contributed by atoms with E-state index in [0.29, 0.717) is 22.9 Å². The first kappa shape index (κ1) is 19.5. The van der Waals surface area contributed by atoms with Crippen molar-refractivity contribution in [3.8, 4) is 11.5 Å². The number of non-ortho nitro benzene ring substituents is 1. The minimum Gasteiger partial charge on any atom is -0.496 e. The van der Waals surface area contributed by atoms with Crippen LogP contribution in [0.2, 0.25) is 0 Å². The van der Waals surface area contributed by atoms with Gasteiger partial charge in [0.2, 0.25) is 5.78 Å². The van der Waals surface area contributed by atoms with Crippen LogP contribution in [0.3, 0.4) is 0 Å². The molecule has 1 aromatic heterocycles. The van der Waals surface area contributed by atoms with E-state index in [1.165, 1.54) is 50.8 Å². The van der Waals surface area contributed by atoms with Gasteiger partial charge in [-0.15, -0.1) is 0 Å². The quantitative estimate of drug-likeness (QED) is 0.153. The first-order chi connectivity index (χ1) is 14.0. The third kappa shape index (κ3) is 3.76. The maximum Gasteiger partial charge on any atom is 0.269 e. The van der Waals surface area contributed by atoms with Crippen molar-refractivity contribution in [1.82, 2.24) is 0 Å². The van der Waals surface area contributed by atoms with Crippen molar-refractivity contribution in [2.75, 3.05) is 19.6 Å². The minimum atomic E-state index is -0.730. The molecule has 0 amide bonds. The Labute approximate surface area is 163 Å². The number of hydrazone groups is 1. The lowest BCUT2D eigenvalue weighted by Crippen LogP contribution is -2.19. The lowest BCUT2D eigenvalue weighted by Gasteiger charge is -2.13. The van der Waals surface area contributed by atoms with Crippen LogP contribution in [0.4, 0.5) is 11.4 Å². The normalized spacial score (nSPS) is 11.2. The predicted molar refractivity (Wildman–Crippen MR) is 104 cm³/mol. The molecule has 0 fully saturated rings. The number of nitrogens with zero attached hydrogens (tertiary/aromatic N) is 2. The number of fused-ring (bicyclic) bond motifs is 1. The van der Waals surface area contributed by atoms with E-state index in [1.54, 1.807) is 6.07 Å². The second-order valence-corrected chi connectivity index (χ2v) is 5.68. The van der Waals surface area contributed by atoms with Gasteiger partial charge in [-0.3, -0.25) is 25.1 Å². The van der Waals surface area contributed by atoms with Crippen LogP contribution >= 0.6 is 0 Å². The Balaban J connectivity index is 1.97. The van der Waals surface area contributed by atoms with Crippen molar-refractivity contribution >= 4 is 40.1 Å². The molecule has 1 N–H and O–H groups in total. The highest BCUT2D eigenvalue weighted by molar-refractivity contribution is 6.64. The van der Waals surface area contributed by atoms with Gasteiger partial charge >= 0.3 is 0 Å². The maximum atomic E-state index is 13.0. The number of anilines is 1. The Morgan fingerprint density at radius 1 is 1.21 bits per heavy atom. The molecule has 29 heavy (non-hydrogen) atoms. The van der Waals surface area contributed by atoms with E-state index in [0.717, 1.165) is 0 Å². The molecule has 3 aromatic rings. The molecule has 1 heterocycles. The molecule has 2 aromatic carbocycles. The lowest BCUT2D eigenvalue weighted by molar-refractivity contribution is -0.384. The van der Waals surface area contributed by atoms with Crippen molar-refractivity contribution in [2.24, 2.45) is 5.10 Å². The van der Waals surface area contributed by atoms with E-state index >= 15 is 0 Å².